The Morgan fingerprint density at radius 1 is 1.36 bits per heavy atom. The van der Waals surface area contributed by atoms with Crippen LogP contribution in [0.25, 0.3) is 5.69 Å². The fourth-order valence-corrected chi connectivity index (χ4v) is 3.31. The van der Waals surface area contributed by atoms with Crippen LogP contribution in [0, 0.1) is 13.8 Å². The summed E-state index contributed by atoms with van der Waals surface area (Å²) in [7, 11) is 0. The quantitative estimate of drug-likeness (QED) is 0.777. The molecule has 1 unspecified atom stereocenters. The largest absolute Gasteiger partial charge is 0.508 e. The van der Waals surface area contributed by atoms with E-state index in [0.717, 1.165) is 5.56 Å². The summed E-state index contributed by atoms with van der Waals surface area (Å²) >= 11 is 0. The topological polar surface area (TPSA) is 121 Å². The Bertz CT molecular complexity index is 912. The second-order valence-corrected chi connectivity index (χ2v) is 6.34. The predicted octanol–water partition coefficient (Wildman–Crippen LogP) is 1.34. The summed E-state index contributed by atoms with van der Waals surface area (Å²) in [6, 6.07) is 4.72. The maximum atomic E-state index is 13.2. The van der Waals surface area contributed by atoms with E-state index in [9.17, 15) is 14.7 Å². The Kier molecular flexibility index (Phi) is 4.26. The highest BCUT2D eigenvalue weighted by molar-refractivity contribution is 5.97. The van der Waals surface area contributed by atoms with E-state index in [1.165, 1.54) is 10.6 Å². The molecule has 132 valence electrons. The summed E-state index contributed by atoms with van der Waals surface area (Å²) < 4.78 is 6.65. The first-order chi connectivity index (χ1) is 11.8. The molecule has 0 saturated carbocycles. The molecular formula is C18H21N3O4. The van der Waals surface area contributed by atoms with E-state index in [1.807, 2.05) is 6.92 Å². The predicted molar refractivity (Wildman–Crippen MR) is 94.3 cm³/mol. The first-order valence-corrected chi connectivity index (χ1v) is 8.05. The highest BCUT2D eigenvalue weighted by Gasteiger charge is 2.26. The number of carbonyl (C=O) groups excluding carboxylic acids is 1. The van der Waals surface area contributed by atoms with Gasteiger partial charge in [-0.1, -0.05) is 6.07 Å². The monoisotopic (exact) mass is 343 g/mol. The molecule has 2 aromatic rings. The van der Waals surface area contributed by atoms with E-state index >= 15 is 0 Å². The van der Waals surface area contributed by atoms with Gasteiger partial charge >= 0.3 is 0 Å². The summed E-state index contributed by atoms with van der Waals surface area (Å²) in [6.07, 6.45) is 0.690. The molecule has 7 nitrogen and oxygen atoms in total. The minimum absolute atomic E-state index is 0.0306. The normalized spacial score (nSPS) is 17.0. The van der Waals surface area contributed by atoms with Gasteiger partial charge < -0.3 is 21.3 Å². The van der Waals surface area contributed by atoms with Crippen molar-refractivity contribution in [1.29, 1.82) is 0 Å². The van der Waals surface area contributed by atoms with Gasteiger partial charge in [0.1, 0.15) is 11.6 Å². The Hall–Kier alpha value is -2.80. The van der Waals surface area contributed by atoms with E-state index in [0.29, 0.717) is 36.4 Å². The van der Waals surface area contributed by atoms with Crippen molar-refractivity contribution >= 4 is 11.7 Å². The molecule has 1 aromatic carbocycles. The number of anilines is 1. The standard InChI is InChI=1S/C18H21N3O4/c1-9-3-4-14(22)10(2)15(9)21-16(19)13(17(20)23)7-12(18(21)24)11-5-6-25-8-11/h3-4,7,11,22H,5-6,8,19H2,1-2H3,(H2,20,23). The van der Waals surface area contributed by atoms with E-state index in [-0.39, 0.29) is 28.6 Å². The molecule has 0 aliphatic carbocycles. The highest BCUT2D eigenvalue weighted by Crippen LogP contribution is 2.30. The van der Waals surface area contributed by atoms with Crippen molar-refractivity contribution in [2.45, 2.75) is 26.2 Å². The number of phenols is 1. The zero-order valence-electron chi connectivity index (χ0n) is 14.2. The number of nitrogen functional groups attached to an aromatic ring is 1. The molecule has 1 saturated heterocycles. The average molecular weight is 343 g/mol. The lowest BCUT2D eigenvalue weighted by molar-refractivity contribution is 0.100. The molecule has 1 atom stereocenters. The molecule has 1 aliphatic heterocycles. The summed E-state index contributed by atoms with van der Waals surface area (Å²) in [6.45, 7) is 4.47. The van der Waals surface area contributed by atoms with Crippen molar-refractivity contribution in [1.82, 2.24) is 4.57 Å². The van der Waals surface area contributed by atoms with Crippen molar-refractivity contribution in [2.75, 3.05) is 18.9 Å². The Morgan fingerprint density at radius 2 is 2.08 bits per heavy atom. The van der Waals surface area contributed by atoms with Gasteiger partial charge in [-0.15, -0.1) is 0 Å². The summed E-state index contributed by atoms with van der Waals surface area (Å²) in [5.41, 5.74) is 13.5. The number of aryl methyl sites for hydroxylation is 1. The number of rotatable bonds is 3. The minimum Gasteiger partial charge on any atom is -0.508 e. The maximum Gasteiger partial charge on any atom is 0.260 e. The van der Waals surface area contributed by atoms with E-state index in [1.54, 1.807) is 19.1 Å². The fraction of sp³-hybridized carbons (Fsp3) is 0.333. The van der Waals surface area contributed by atoms with Gasteiger partial charge in [0.05, 0.1) is 17.9 Å². The number of phenolic OH excluding ortho intramolecular Hbond substituents is 1. The third-order valence-corrected chi connectivity index (χ3v) is 4.73. The van der Waals surface area contributed by atoms with E-state index in [4.69, 9.17) is 16.2 Å². The van der Waals surface area contributed by atoms with Crippen LogP contribution >= 0.6 is 0 Å². The third kappa shape index (κ3) is 2.76. The number of pyridine rings is 1. The van der Waals surface area contributed by atoms with Crippen LogP contribution in [0.4, 0.5) is 5.82 Å². The van der Waals surface area contributed by atoms with E-state index < -0.39 is 5.91 Å². The number of primary amides is 1. The molecule has 1 fully saturated rings. The minimum atomic E-state index is -0.707. The average Bonchev–Trinajstić information content (AvgIpc) is 3.08. The molecule has 5 N–H and O–H groups in total. The van der Waals surface area contributed by atoms with Crippen molar-refractivity contribution in [3.05, 3.63) is 50.8 Å². The number of amides is 1. The number of hydrogen-bond acceptors (Lipinski definition) is 5. The van der Waals surface area contributed by atoms with Crippen LogP contribution in [-0.2, 0) is 4.74 Å². The number of hydrogen-bond donors (Lipinski definition) is 3. The molecule has 0 bridgehead atoms. The molecule has 25 heavy (non-hydrogen) atoms. The van der Waals surface area contributed by atoms with Crippen LogP contribution in [0.2, 0.25) is 0 Å². The number of benzene rings is 1. The van der Waals surface area contributed by atoms with Gasteiger partial charge in [0.2, 0.25) is 0 Å². The number of aromatic hydroxyl groups is 1. The first kappa shape index (κ1) is 17.0. The van der Waals surface area contributed by atoms with Gasteiger partial charge in [-0.05, 0) is 38.0 Å². The second kappa shape index (κ2) is 6.25. The smallest absolute Gasteiger partial charge is 0.260 e. The van der Waals surface area contributed by atoms with Crippen LogP contribution < -0.4 is 17.0 Å². The van der Waals surface area contributed by atoms with Crippen LogP contribution in [0.3, 0.4) is 0 Å². The molecule has 1 aromatic heterocycles. The molecule has 0 spiro atoms. The number of carbonyl (C=O) groups is 1. The third-order valence-electron chi connectivity index (χ3n) is 4.73. The molecule has 2 heterocycles. The van der Waals surface area contributed by atoms with Crippen LogP contribution in [-0.4, -0.2) is 28.8 Å². The van der Waals surface area contributed by atoms with Crippen LogP contribution in [0.15, 0.2) is 23.0 Å². The zero-order valence-corrected chi connectivity index (χ0v) is 14.2. The number of nitrogens with two attached hydrogens (primary N) is 2. The van der Waals surface area contributed by atoms with Gasteiger partial charge in [-0.2, -0.15) is 0 Å². The molecule has 7 heteroatoms. The number of aromatic nitrogens is 1. The lowest BCUT2D eigenvalue weighted by atomic mass is 9.97. The van der Waals surface area contributed by atoms with Gasteiger partial charge in [0.25, 0.3) is 11.5 Å². The molecule has 1 amide bonds. The Morgan fingerprint density at radius 3 is 2.68 bits per heavy atom. The van der Waals surface area contributed by atoms with Crippen molar-refractivity contribution in [3.63, 3.8) is 0 Å². The number of nitrogens with zero attached hydrogens (tertiary/aromatic N) is 1. The first-order valence-electron chi connectivity index (χ1n) is 8.05. The maximum absolute atomic E-state index is 13.2. The van der Waals surface area contributed by atoms with Crippen molar-refractivity contribution in [3.8, 4) is 11.4 Å². The fourth-order valence-electron chi connectivity index (χ4n) is 3.31. The second-order valence-electron chi connectivity index (χ2n) is 6.34. The number of ether oxygens (including phenoxy) is 1. The van der Waals surface area contributed by atoms with Crippen molar-refractivity contribution in [2.24, 2.45) is 5.73 Å². The lowest BCUT2D eigenvalue weighted by Gasteiger charge is -2.20. The zero-order chi connectivity index (χ0) is 18.3. The lowest BCUT2D eigenvalue weighted by Crippen LogP contribution is -2.31. The van der Waals surface area contributed by atoms with Crippen LogP contribution in [0.5, 0.6) is 5.75 Å². The van der Waals surface area contributed by atoms with Gasteiger partial charge in [0, 0.05) is 23.7 Å². The van der Waals surface area contributed by atoms with Gasteiger partial charge in [-0.25, -0.2) is 0 Å². The van der Waals surface area contributed by atoms with E-state index in [2.05, 4.69) is 0 Å². The van der Waals surface area contributed by atoms with Crippen molar-refractivity contribution < 1.29 is 14.6 Å². The molecule has 1 aliphatic rings. The summed E-state index contributed by atoms with van der Waals surface area (Å²) in [5.74, 6) is -0.809. The molecular weight excluding hydrogens is 322 g/mol. The summed E-state index contributed by atoms with van der Waals surface area (Å²) in [4.78, 5) is 25.0. The highest BCUT2D eigenvalue weighted by atomic mass is 16.5. The van der Waals surface area contributed by atoms with Gasteiger partial charge in [0.15, 0.2) is 0 Å². The molecule has 0 radical (unpaired) electrons. The SMILES string of the molecule is Cc1ccc(O)c(C)c1-n1c(N)c(C(N)=O)cc(C2CCOC2)c1=O. The van der Waals surface area contributed by atoms with Crippen LogP contribution in [0.1, 0.15) is 39.4 Å². The molecule has 3 rings (SSSR count). The Labute approximate surface area is 144 Å². The van der Waals surface area contributed by atoms with Gasteiger partial charge in [-0.3, -0.25) is 14.2 Å². The summed E-state index contributed by atoms with van der Waals surface area (Å²) in [5, 5.41) is 10.1. The Balaban J connectivity index is 2.38.